The SMILES string of the molecule is CN(c1cnc2cnn(CC(=O)Nc3ccc4c(c3)N=C=C=N4)c2n1)C1CC(C)(C)C1. The topological polar surface area (TPSA) is 101 Å². The minimum atomic E-state index is -0.218. The molecule has 0 unspecified atom stereocenters. The van der Waals surface area contributed by atoms with E-state index < -0.39 is 0 Å². The van der Waals surface area contributed by atoms with Crippen molar-refractivity contribution in [3.05, 3.63) is 30.6 Å². The van der Waals surface area contributed by atoms with E-state index in [0.717, 1.165) is 18.7 Å². The van der Waals surface area contributed by atoms with Gasteiger partial charge in [-0.1, -0.05) is 13.8 Å². The van der Waals surface area contributed by atoms with Crippen LogP contribution in [0.15, 0.2) is 40.6 Å². The van der Waals surface area contributed by atoms with E-state index in [9.17, 15) is 4.79 Å². The van der Waals surface area contributed by atoms with Gasteiger partial charge >= 0.3 is 0 Å². The molecule has 0 bridgehead atoms. The van der Waals surface area contributed by atoms with Crippen molar-refractivity contribution in [1.82, 2.24) is 19.7 Å². The molecule has 31 heavy (non-hydrogen) atoms. The fourth-order valence-corrected chi connectivity index (χ4v) is 4.09. The summed E-state index contributed by atoms with van der Waals surface area (Å²) in [5.74, 6) is 5.72. The third kappa shape index (κ3) is 3.72. The van der Waals surface area contributed by atoms with Crippen LogP contribution in [-0.4, -0.2) is 50.5 Å². The molecule has 0 spiro atoms. The molecule has 1 saturated carbocycles. The fraction of sp³-hybridized carbons (Fsp3) is 0.364. The molecule has 0 atom stereocenters. The standard InChI is InChI=1S/C22H22N8O/c1-22(2)9-15(10-22)29(3)19-12-25-18-11-26-30(21(18)28-19)13-20(31)27-14-4-5-16-17(8-14)24-7-6-23-16/h4-5,8,11-12,15H,9-10,13H2,1-3H3,(H,27,31). The smallest absolute Gasteiger partial charge is 0.246 e. The first-order valence-electron chi connectivity index (χ1n) is 10.1. The number of anilines is 2. The second kappa shape index (κ2) is 7.16. The average molecular weight is 414 g/mol. The number of rotatable bonds is 5. The van der Waals surface area contributed by atoms with Crippen molar-refractivity contribution >= 4 is 51.7 Å². The molecule has 2 aromatic heterocycles. The molecule has 1 aliphatic carbocycles. The van der Waals surface area contributed by atoms with Crippen LogP contribution in [0.3, 0.4) is 0 Å². The zero-order valence-electron chi connectivity index (χ0n) is 17.6. The number of aliphatic imine (C=N–C) groups is 2. The van der Waals surface area contributed by atoms with Gasteiger partial charge in [-0.05, 0) is 36.5 Å². The maximum absolute atomic E-state index is 12.6. The van der Waals surface area contributed by atoms with E-state index in [1.54, 1.807) is 35.3 Å². The molecular formula is C22H22N8O. The Bertz CT molecular complexity index is 1290. The number of nitrogens with zero attached hydrogens (tertiary/aromatic N) is 7. The van der Waals surface area contributed by atoms with Crippen LogP contribution in [0.1, 0.15) is 26.7 Å². The zero-order valence-corrected chi connectivity index (χ0v) is 17.6. The summed E-state index contributed by atoms with van der Waals surface area (Å²) in [5, 5.41) is 7.18. The normalized spacial score (nSPS) is 16.2. The minimum Gasteiger partial charge on any atom is -0.355 e. The summed E-state index contributed by atoms with van der Waals surface area (Å²) in [5.41, 5.74) is 3.58. The summed E-state index contributed by atoms with van der Waals surface area (Å²) in [4.78, 5) is 32.2. The molecule has 1 aliphatic heterocycles. The fourth-order valence-electron chi connectivity index (χ4n) is 4.09. The number of fused-ring (bicyclic) bond motifs is 2. The minimum absolute atomic E-state index is 0.0280. The van der Waals surface area contributed by atoms with Crippen molar-refractivity contribution in [2.75, 3.05) is 17.3 Å². The lowest BCUT2D eigenvalue weighted by atomic mass is 9.68. The second-order valence-electron chi connectivity index (χ2n) is 8.78. The van der Waals surface area contributed by atoms with Crippen LogP contribution < -0.4 is 10.2 Å². The van der Waals surface area contributed by atoms with Gasteiger partial charge < -0.3 is 10.2 Å². The van der Waals surface area contributed by atoms with Gasteiger partial charge in [0, 0.05) is 18.8 Å². The Morgan fingerprint density at radius 1 is 1.23 bits per heavy atom. The Morgan fingerprint density at radius 3 is 2.77 bits per heavy atom. The Labute approximate surface area is 179 Å². The van der Waals surface area contributed by atoms with E-state index in [1.165, 1.54) is 0 Å². The molecule has 1 N–H and O–H groups in total. The van der Waals surface area contributed by atoms with E-state index in [-0.39, 0.29) is 12.5 Å². The van der Waals surface area contributed by atoms with Crippen LogP contribution in [0.4, 0.5) is 22.9 Å². The van der Waals surface area contributed by atoms with Crippen LogP contribution in [-0.2, 0) is 11.3 Å². The first-order valence-corrected chi connectivity index (χ1v) is 10.1. The number of amides is 1. The molecule has 3 heterocycles. The molecule has 2 aliphatic rings. The highest BCUT2D eigenvalue weighted by atomic mass is 16.2. The Balaban J connectivity index is 1.32. The first-order chi connectivity index (χ1) is 14.9. The third-order valence-corrected chi connectivity index (χ3v) is 5.77. The number of aromatic nitrogens is 4. The third-order valence-electron chi connectivity index (χ3n) is 5.77. The monoisotopic (exact) mass is 414 g/mol. The first kappa shape index (κ1) is 19.2. The predicted octanol–water partition coefficient (Wildman–Crippen LogP) is 3.26. The molecule has 3 aromatic rings. The second-order valence-corrected chi connectivity index (χ2v) is 8.78. The number of benzene rings is 1. The lowest BCUT2D eigenvalue weighted by Gasteiger charge is -2.47. The molecule has 1 fully saturated rings. The van der Waals surface area contributed by atoms with Crippen molar-refractivity contribution in [3.8, 4) is 0 Å². The van der Waals surface area contributed by atoms with E-state index in [2.05, 4.69) is 55.9 Å². The largest absolute Gasteiger partial charge is 0.355 e. The molecule has 156 valence electrons. The van der Waals surface area contributed by atoms with E-state index in [0.29, 0.717) is 39.7 Å². The Morgan fingerprint density at radius 2 is 2.00 bits per heavy atom. The van der Waals surface area contributed by atoms with Gasteiger partial charge in [-0.15, -0.1) is 0 Å². The predicted molar refractivity (Wildman–Crippen MR) is 120 cm³/mol. The lowest BCUT2D eigenvalue weighted by molar-refractivity contribution is -0.116. The summed E-state index contributed by atoms with van der Waals surface area (Å²) in [7, 11) is 2.04. The van der Waals surface area contributed by atoms with Crippen LogP contribution in [0, 0.1) is 5.41 Å². The highest BCUT2D eigenvalue weighted by Crippen LogP contribution is 2.43. The molecule has 1 aromatic carbocycles. The van der Waals surface area contributed by atoms with Crippen molar-refractivity contribution in [3.63, 3.8) is 0 Å². The zero-order chi connectivity index (χ0) is 21.6. The molecule has 0 saturated heterocycles. The number of hydrogen-bond acceptors (Lipinski definition) is 7. The van der Waals surface area contributed by atoms with Gasteiger partial charge in [0.25, 0.3) is 0 Å². The lowest BCUT2D eigenvalue weighted by Crippen LogP contribution is -2.47. The Hall–Kier alpha value is -3.80. The summed E-state index contributed by atoms with van der Waals surface area (Å²) in [6, 6.07) is 5.75. The van der Waals surface area contributed by atoms with Crippen LogP contribution >= 0.6 is 0 Å². The van der Waals surface area contributed by atoms with Crippen molar-refractivity contribution in [2.24, 2.45) is 15.4 Å². The van der Waals surface area contributed by atoms with Gasteiger partial charge in [0.2, 0.25) is 5.91 Å². The molecule has 0 radical (unpaired) electrons. The van der Waals surface area contributed by atoms with Gasteiger partial charge in [0.15, 0.2) is 5.65 Å². The number of nitrogens with one attached hydrogen (secondary N) is 1. The summed E-state index contributed by atoms with van der Waals surface area (Å²) >= 11 is 0. The molecular weight excluding hydrogens is 392 g/mol. The van der Waals surface area contributed by atoms with Crippen molar-refractivity contribution in [2.45, 2.75) is 39.3 Å². The van der Waals surface area contributed by atoms with Crippen LogP contribution in [0.5, 0.6) is 0 Å². The number of hydrogen-bond donors (Lipinski definition) is 1. The maximum Gasteiger partial charge on any atom is 0.246 e. The van der Waals surface area contributed by atoms with Gasteiger partial charge in [-0.25, -0.2) is 14.6 Å². The van der Waals surface area contributed by atoms with Gasteiger partial charge in [0.1, 0.15) is 29.3 Å². The summed E-state index contributed by atoms with van der Waals surface area (Å²) in [6.07, 6.45) is 5.64. The maximum atomic E-state index is 12.6. The van der Waals surface area contributed by atoms with Gasteiger partial charge in [0.05, 0.1) is 24.1 Å². The van der Waals surface area contributed by atoms with E-state index in [4.69, 9.17) is 4.98 Å². The number of carbonyl (C=O) groups is 1. The van der Waals surface area contributed by atoms with Crippen molar-refractivity contribution < 1.29 is 4.79 Å². The molecule has 9 heteroatoms. The van der Waals surface area contributed by atoms with Crippen molar-refractivity contribution in [1.29, 1.82) is 0 Å². The van der Waals surface area contributed by atoms with Crippen LogP contribution in [0.2, 0.25) is 0 Å². The summed E-state index contributed by atoms with van der Waals surface area (Å²) in [6.45, 7) is 4.58. The number of carbonyl (C=O) groups excluding carboxylic acids is 1. The molecule has 1 amide bonds. The highest BCUT2D eigenvalue weighted by molar-refractivity contribution is 5.97. The Kier molecular flexibility index (Phi) is 4.43. The quantitative estimate of drug-likeness (QED) is 0.540. The summed E-state index contributed by atoms with van der Waals surface area (Å²) < 4.78 is 1.57. The van der Waals surface area contributed by atoms with Gasteiger partial charge in [-0.3, -0.25) is 4.79 Å². The highest BCUT2D eigenvalue weighted by Gasteiger charge is 2.38. The van der Waals surface area contributed by atoms with E-state index in [1.807, 2.05) is 7.05 Å². The molecule has 5 rings (SSSR count). The average Bonchev–Trinajstić information content (AvgIpc) is 3.13. The van der Waals surface area contributed by atoms with Crippen LogP contribution in [0.25, 0.3) is 11.2 Å². The van der Waals surface area contributed by atoms with Gasteiger partial charge in [-0.2, -0.15) is 15.1 Å². The molecule has 9 nitrogen and oxygen atoms in total. The van der Waals surface area contributed by atoms with E-state index >= 15 is 0 Å².